The summed E-state index contributed by atoms with van der Waals surface area (Å²) in [6.45, 7) is 5.02. The van der Waals surface area contributed by atoms with Crippen molar-refractivity contribution in [1.82, 2.24) is 0 Å². The Kier molecular flexibility index (Phi) is 4.04. The van der Waals surface area contributed by atoms with Crippen molar-refractivity contribution in [1.29, 1.82) is 0 Å². The van der Waals surface area contributed by atoms with Crippen molar-refractivity contribution in [2.24, 2.45) is 0 Å². The summed E-state index contributed by atoms with van der Waals surface area (Å²) in [5.41, 5.74) is 1.46. The Hall–Kier alpha value is 0.0369. The van der Waals surface area contributed by atoms with Crippen LogP contribution < -0.4 is 0 Å². The van der Waals surface area contributed by atoms with Gasteiger partial charge in [0.05, 0.1) is 0 Å². The van der Waals surface area contributed by atoms with Crippen LogP contribution in [0.15, 0.2) is 12.3 Å². The average Bonchev–Trinajstić information content (AvgIpc) is 1.87. The molecule has 0 heterocycles. The molecule has 0 N–H and O–H groups in total. The maximum absolute atomic E-state index is 12.4. The zero-order chi connectivity index (χ0) is 8.20. The van der Waals surface area contributed by atoms with Crippen molar-refractivity contribution in [2.45, 2.75) is 6.55 Å². The van der Waals surface area contributed by atoms with Gasteiger partial charge in [0.15, 0.2) is 0 Å². The van der Waals surface area contributed by atoms with E-state index in [1.807, 2.05) is 0 Å². The van der Waals surface area contributed by atoms with Crippen LogP contribution in [0.2, 0.25) is 6.55 Å². The highest BCUT2D eigenvalue weighted by Gasteiger charge is 2.23. The van der Waals surface area contributed by atoms with Gasteiger partial charge in [0.25, 0.3) is 0 Å². The molecule has 10 heavy (non-hydrogen) atoms. The van der Waals surface area contributed by atoms with E-state index in [1.54, 1.807) is 6.55 Å². The summed E-state index contributed by atoms with van der Waals surface area (Å²) in [5.74, 6) is 0. The van der Waals surface area contributed by atoms with Crippen LogP contribution in [0.5, 0.6) is 0 Å². The van der Waals surface area contributed by atoms with Gasteiger partial charge in [0.2, 0.25) is 9.04 Å². The van der Waals surface area contributed by atoms with Crippen molar-refractivity contribution in [3.8, 4) is 0 Å². The monoisotopic (exact) mass is 184 g/mol. The van der Waals surface area contributed by atoms with Crippen molar-refractivity contribution in [3.63, 3.8) is 0 Å². The van der Waals surface area contributed by atoms with Crippen LogP contribution in [-0.2, 0) is 13.3 Å². The van der Waals surface area contributed by atoms with E-state index in [0.29, 0.717) is 0 Å². The maximum atomic E-state index is 12.4. The Morgan fingerprint density at radius 2 is 2.30 bits per heavy atom. The topological polar surface area (TPSA) is 35.5 Å². The number of halogens is 1. The molecule has 0 saturated heterocycles. The average molecular weight is 184 g/mol. The molecule has 0 saturated carbocycles. The molecular formula is C4H10FO3PSi. The highest BCUT2D eigenvalue weighted by molar-refractivity contribution is 7.49. The van der Waals surface area contributed by atoms with E-state index in [0.717, 1.165) is 7.11 Å². The largest absolute Gasteiger partial charge is 0.502 e. The van der Waals surface area contributed by atoms with Crippen LogP contribution in [-0.4, -0.2) is 16.2 Å². The summed E-state index contributed by atoms with van der Waals surface area (Å²) in [6.07, 6.45) is 0. The van der Waals surface area contributed by atoms with E-state index in [2.05, 4.69) is 15.3 Å². The van der Waals surface area contributed by atoms with Gasteiger partial charge < -0.3 is 4.21 Å². The second-order valence-corrected chi connectivity index (χ2v) is 5.61. The maximum Gasteiger partial charge on any atom is 0.502 e. The van der Waals surface area contributed by atoms with Crippen LogP contribution >= 0.6 is 7.91 Å². The minimum atomic E-state index is -4.26. The highest BCUT2D eigenvalue weighted by atomic mass is 31.2. The number of rotatable bonds is 4. The minimum absolute atomic E-state index is 1.00. The zero-order valence-corrected chi connectivity index (χ0v) is 7.96. The summed E-state index contributed by atoms with van der Waals surface area (Å²) in [5, 5.41) is 0. The summed E-state index contributed by atoms with van der Waals surface area (Å²) < 4.78 is 31.2. The summed E-state index contributed by atoms with van der Waals surface area (Å²) in [7, 11) is -5.07. The Bertz CT molecular complexity index is 163. The van der Waals surface area contributed by atoms with Crippen molar-refractivity contribution in [2.75, 3.05) is 7.11 Å². The smallest absolute Gasteiger partial charge is 0.325 e. The molecular weight excluding hydrogens is 174 g/mol. The molecule has 0 aromatic heterocycles. The predicted octanol–water partition coefficient (Wildman–Crippen LogP) is 1.81. The molecule has 6 heteroatoms. The normalized spacial score (nSPS) is 19.5. The lowest BCUT2D eigenvalue weighted by atomic mass is 11.3. The molecule has 0 aliphatic carbocycles. The standard InChI is InChI=1S/C4H10FO3PSi/c1-4-10(3)8-9(5,6)7-2/h4,10H,1H2,2-3H3. The molecule has 0 fully saturated rings. The van der Waals surface area contributed by atoms with E-state index in [1.165, 1.54) is 5.70 Å². The quantitative estimate of drug-likeness (QED) is 0.493. The summed E-state index contributed by atoms with van der Waals surface area (Å²) in [6, 6.07) is 0. The van der Waals surface area contributed by atoms with Crippen molar-refractivity contribution in [3.05, 3.63) is 12.3 Å². The van der Waals surface area contributed by atoms with E-state index in [4.69, 9.17) is 0 Å². The molecule has 2 atom stereocenters. The third-order valence-corrected chi connectivity index (χ3v) is 4.28. The second-order valence-electron chi connectivity index (χ2n) is 1.66. The lowest BCUT2D eigenvalue weighted by molar-refractivity contribution is 0.283. The van der Waals surface area contributed by atoms with Gasteiger partial charge in [0.1, 0.15) is 0 Å². The molecule has 0 spiro atoms. The van der Waals surface area contributed by atoms with Gasteiger partial charge in [-0.3, -0.25) is 4.52 Å². The first-order valence-corrected chi connectivity index (χ1v) is 6.41. The first-order valence-electron chi connectivity index (χ1n) is 2.68. The Labute approximate surface area is 61.2 Å². The van der Waals surface area contributed by atoms with Gasteiger partial charge in [-0.1, -0.05) is 5.70 Å². The van der Waals surface area contributed by atoms with Gasteiger partial charge in [-0.2, -0.15) is 0 Å². The zero-order valence-electron chi connectivity index (χ0n) is 5.91. The van der Waals surface area contributed by atoms with Crippen LogP contribution in [0.25, 0.3) is 0 Å². The van der Waals surface area contributed by atoms with E-state index < -0.39 is 16.9 Å². The van der Waals surface area contributed by atoms with Gasteiger partial charge >= 0.3 is 7.91 Å². The summed E-state index contributed by atoms with van der Waals surface area (Å²) >= 11 is 0. The molecule has 3 nitrogen and oxygen atoms in total. The lowest BCUT2D eigenvalue weighted by Crippen LogP contribution is -2.06. The molecule has 0 radical (unpaired) electrons. The van der Waals surface area contributed by atoms with Crippen LogP contribution in [0, 0.1) is 0 Å². The fraction of sp³-hybridized carbons (Fsp3) is 0.500. The highest BCUT2D eigenvalue weighted by Crippen LogP contribution is 2.49. The molecule has 0 bridgehead atoms. The Balaban J connectivity index is 3.88. The molecule has 0 aliphatic rings. The van der Waals surface area contributed by atoms with E-state index >= 15 is 0 Å². The van der Waals surface area contributed by atoms with Gasteiger partial charge in [-0.15, -0.1) is 10.8 Å². The Morgan fingerprint density at radius 3 is 2.60 bits per heavy atom. The van der Waals surface area contributed by atoms with Gasteiger partial charge in [0, 0.05) is 7.11 Å². The first-order chi connectivity index (χ1) is 4.52. The molecule has 0 aromatic rings. The van der Waals surface area contributed by atoms with Crippen molar-refractivity contribution < 1.29 is 17.5 Å². The predicted molar refractivity (Wildman–Crippen MR) is 40.0 cm³/mol. The fourth-order valence-electron chi connectivity index (χ4n) is 0.285. The number of hydrogen-bond donors (Lipinski definition) is 0. The summed E-state index contributed by atoms with van der Waals surface area (Å²) in [4.78, 5) is 0. The first kappa shape index (κ1) is 10.0. The molecule has 0 rings (SSSR count). The van der Waals surface area contributed by atoms with E-state index in [-0.39, 0.29) is 0 Å². The lowest BCUT2D eigenvalue weighted by Gasteiger charge is -2.08. The van der Waals surface area contributed by atoms with E-state index in [9.17, 15) is 8.76 Å². The van der Waals surface area contributed by atoms with Crippen LogP contribution in [0.4, 0.5) is 4.20 Å². The molecule has 0 aliphatic heterocycles. The van der Waals surface area contributed by atoms with Crippen LogP contribution in [0.1, 0.15) is 0 Å². The second kappa shape index (κ2) is 4.03. The molecule has 0 aromatic carbocycles. The third kappa shape index (κ3) is 3.95. The SMILES string of the molecule is C=C[SiH](C)OP(=O)(F)OC. The van der Waals surface area contributed by atoms with Gasteiger partial charge in [-0.05, 0) is 6.55 Å². The minimum Gasteiger partial charge on any atom is -0.325 e. The fourth-order valence-corrected chi connectivity index (χ4v) is 2.56. The molecule has 60 valence electrons. The third-order valence-electron chi connectivity index (χ3n) is 0.842. The van der Waals surface area contributed by atoms with Crippen LogP contribution in [0.3, 0.4) is 0 Å². The molecule has 2 unspecified atom stereocenters. The van der Waals surface area contributed by atoms with Crippen molar-refractivity contribution >= 4 is 16.9 Å². The van der Waals surface area contributed by atoms with Gasteiger partial charge in [-0.25, -0.2) is 4.57 Å². The molecule has 0 amide bonds. The number of hydrogen-bond acceptors (Lipinski definition) is 3. The Morgan fingerprint density at radius 1 is 1.80 bits per heavy atom.